The number of benzene rings is 3. The molecule has 1 aliphatic carbocycles. The predicted octanol–water partition coefficient (Wildman–Crippen LogP) is 5.28. The number of nitrogens with zero attached hydrogens (tertiary/aromatic N) is 1. The molecule has 0 unspecified atom stereocenters. The van der Waals surface area contributed by atoms with Gasteiger partial charge >= 0.3 is 0 Å². The fraction of sp³-hybridized carbons (Fsp3) is 0.0455. The molecule has 1 aliphatic rings. The second-order valence-electron chi connectivity index (χ2n) is 6.17. The van der Waals surface area contributed by atoms with Crippen LogP contribution in [-0.4, -0.2) is 17.8 Å². The molecule has 0 fully saturated rings. The van der Waals surface area contributed by atoms with Gasteiger partial charge in [-0.1, -0.05) is 58.4 Å². The van der Waals surface area contributed by atoms with Crippen molar-refractivity contribution in [2.24, 2.45) is 4.99 Å². The van der Waals surface area contributed by atoms with Gasteiger partial charge in [0.1, 0.15) is 0 Å². The summed E-state index contributed by atoms with van der Waals surface area (Å²) in [5, 5.41) is 0. The Morgan fingerprint density at radius 2 is 1.46 bits per heavy atom. The fourth-order valence-corrected chi connectivity index (χ4v) is 3.39. The van der Waals surface area contributed by atoms with Gasteiger partial charge in [0.15, 0.2) is 11.6 Å². The second-order valence-corrected chi connectivity index (χ2v) is 7.08. The van der Waals surface area contributed by atoms with Crippen LogP contribution in [0.4, 0.5) is 5.69 Å². The van der Waals surface area contributed by atoms with E-state index in [-0.39, 0.29) is 11.6 Å². The van der Waals surface area contributed by atoms with Crippen LogP contribution >= 0.6 is 15.9 Å². The number of aryl methyl sites for hydroxylation is 1. The van der Waals surface area contributed by atoms with E-state index >= 15 is 0 Å². The molecule has 0 saturated carbocycles. The highest BCUT2D eigenvalue weighted by Gasteiger charge is 2.31. The third-order valence-electron chi connectivity index (χ3n) is 4.48. The molecule has 0 amide bonds. The number of carbonyl (C=O) groups excluding carboxylic acids is 2. The normalized spacial score (nSPS) is 13.0. The highest BCUT2D eigenvalue weighted by molar-refractivity contribution is 9.10. The van der Waals surface area contributed by atoms with E-state index < -0.39 is 0 Å². The lowest BCUT2D eigenvalue weighted by Gasteiger charge is -2.19. The van der Waals surface area contributed by atoms with E-state index in [4.69, 9.17) is 0 Å². The highest BCUT2D eigenvalue weighted by atomic mass is 79.9. The summed E-state index contributed by atoms with van der Waals surface area (Å²) >= 11 is 3.41. The summed E-state index contributed by atoms with van der Waals surface area (Å²) in [7, 11) is 0. The lowest BCUT2D eigenvalue weighted by Crippen LogP contribution is -2.21. The molecule has 0 atom stereocenters. The smallest absolute Gasteiger partial charge is 0.196 e. The van der Waals surface area contributed by atoms with Crippen molar-refractivity contribution in [3.05, 3.63) is 98.5 Å². The Hall–Kier alpha value is -2.85. The van der Waals surface area contributed by atoms with E-state index in [2.05, 4.69) is 20.9 Å². The maximum atomic E-state index is 13.1. The van der Waals surface area contributed by atoms with Gasteiger partial charge in [0.05, 0.1) is 11.3 Å². The van der Waals surface area contributed by atoms with Crippen molar-refractivity contribution < 1.29 is 9.59 Å². The molecule has 3 nitrogen and oxygen atoms in total. The van der Waals surface area contributed by atoms with E-state index in [9.17, 15) is 9.59 Å². The van der Waals surface area contributed by atoms with Crippen LogP contribution < -0.4 is 0 Å². The topological polar surface area (TPSA) is 46.5 Å². The first-order valence-corrected chi connectivity index (χ1v) is 8.97. The van der Waals surface area contributed by atoms with E-state index in [0.29, 0.717) is 27.9 Å². The quantitative estimate of drug-likeness (QED) is 0.427. The summed E-state index contributed by atoms with van der Waals surface area (Å²) in [5.41, 5.74) is 4.04. The van der Waals surface area contributed by atoms with E-state index in [1.807, 2.05) is 37.3 Å². The van der Waals surface area contributed by atoms with Crippen LogP contribution in [0.3, 0.4) is 0 Å². The van der Waals surface area contributed by atoms with Crippen LogP contribution in [0.2, 0.25) is 0 Å². The summed E-state index contributed by atoms with van der Waals surface area (Å²) in [6.07, 6.45) is 1.72. The number of fused-ring (bicyclic) bond motifs is 2. The lowest BCUT2D eigenvalue weighted by molar-refractivity contribution is 0.0979. The molecular weight excluding hydrogens is 390 g/mol. The molecule has 0 N–H and O–H groups in total. The number of hydrogen-bond donors (Lipinski definition) is 0. The van der Waals surface area contributed by atoms with Crippen LogP contribution in [0.15, 0.2) is 70.1 Å². The van der Waals surface area contributed by atoms with Crippen LogP contribution in [0.5, 0.6) is 0 Å². The zero-order chi connectivity index (χ0) is 18.3. The number of aliphatic imine (C=N–C) groups is 1. The molecule has 3 aromatic rings. The third-order valence-corrected chi connectivity index (χ3v) is 5.01. The monoisotopic (exact) mass is 403 g/mol. The summed E-state index contributed by atoms with van der Waals surface area (Å²) in [5.74, 6) is -0.280. The Bertz CT molecular complexity index is 1080. The van der Waals surface area contributed by atoms with Crippen molar-refractivity contribution >= 4 is 39.4 Å². The predicted molar refractivity (Wildman–Crippen MR) is 106 cm³/mol. The number of hydrogen-bond acceptors (Lipinski definition) is 3. The summed E-state index contributed by atoms with van der Waals surface area (Å²) in [4.78, 5) is 30.4. The van der Waals surface area contributed by atoms with Gasteiger partial charge in [-0.15, -0.1) is 0 Å². The van der Waals surface area contributed by atoms with Gasteiger partial charge in [-0.3, -0.25) is 14.6 Å². The van der Waals surface area contributed by atoms with Crippen molar-refractivity contribution in [3.63, 3.8) is 0 Å². The van der Waals surface area contributed by atoms with Gasteiger partial charge in [0.2, 0.25) is 0 Å². The maximum absolute atomic E-state index is 13.1. The molecule has 0 radical (unpaired) electrons. The van der Waals surface area contributed by atoms with Crippen LogP contribution in [0.25, 0.3) is 0 Å². The van der Waals surface area contributed by atoms with Crippen molar-refractivity contribution in [2.75, 3.05) is 0 Å². The zero-order valence-electron chi connectivity index (χ0n) is 14.0. The molecule has 4 heteroatoms. The molecule has 0 saturated heterocycles. The molecule has 0 aliphatic heterocycles. The standard InChI is InChI=1S/C22H14BrNO2/c1-13-6-11-18-19(20(13)24-12-14-7-9-15(23)10-8-14)22(26)17-5-3-2-4-16(17)21(18)25/h2-12H,1H3. The molecule has 0 spiro atoms. The minimum absolute atomic E-state index is 0.129. The van der Waals surface area contributed by atoms with Gasteiger partial charge in [0, 0.05) is 27.4 Å². The Morgan fingerprint density at radius 1 is 0.808 bits per heavy atom. The molecular formula is C22H14BrNO2. The first kappa shape index (κ1) is 16.6. The van der Waals surface area contributed by atoms with E-state index in [1.54, 1.807) is 36.5 Å². The summed E-state index contributed by atoms with van der Waals surface area (Å²) in [6.45, 7) is 1.90. The number of carbonyl (C=O) groups is 2. The SMILES string of the molecule is Cc1ccc2c(c1N=Cc1ccc(Br)cc1)C(=O)c1ccccc1C2=O. The van der Waals surface area contributed by atoms with Gasteiger partial charge in [0.25, 0.3) is 0 Å². The van der Waals surface area contributed by atoms with Crippen LogP contribution in [-0.2, 0) is 0 Å². The molecule has 3 aromatic carbocycles. The molecule has 0 heterocycles. The average Bonchev–Trinajstić information content (AvgIpc) is 2.66. The summed E-state index contributed by atoms with van der Waals surface area (Å²) in [6, 6.07) is 18.2. The van der Waals surface area contributed by atoms with Gasteiger partial charge in [-0.05, 0) is 36.2 Å². The first-order chi connectivity index (χ1) is 12.6. The lowest BCUT2D eigenvalue weighted by atomic mass is 9.82. The number of ketones is 2. The number of rotatable bonds is 2. The van der Waals surface area contributed by atoms with Gasteiger partial charge < -0.3 is 0 Å². The second kappa shape index (κ2) is 6.46. The van der Waals surface area contributed by atoms with Crippen molar-refractivity contribution in [2.45, 2.75) is 6.92 Å². The minimum atomic E-state index is -0.151. The molecule has 0 bridgehead atoms. The minimum Gasteiger partial charge on any atom is -0.289 e. The van der Waals surface area contributed by atoms with Crippen LogP contribution in [0, 0.1) is 6.92 Å². The molecule has 4 rings (SSSR count). The Labute approximate surface area is 159 Å². The first-order valence-electron chi connectivity index (χ1n) is 8.18. The molecule has 126 valence electrons. The van der Waals surface area contributed by atoms with E-state index in [0.717, 1.165) is 15.6 Å². The Kier molecular flexibility index (Phi) is 4.13. The largest absolute Gasteiger partial charge is 0.289 e. The van der Waals surface area contributed by atoms with E-state index in [1.165, 1.54) is 0 Å². The Balaban J connectivity index is 1.86. The van der Waals surface area contributed by atoms with Crippen LogP contribution in [0.1, 0.15) is 43.0 Å². The Morgan fingerprint density at radius 3 is 2.15 bits per heavy atom. The fourth-order valence-electron chi connectivity index (χ4n) is 3.13. The zero-order valence-corrected chi connectivity index (χ0v) is 15.6. The highest BCUT2D eigenvalue weighted by Crippen LogP contribution is 2.35. The van der Waals surface area contributed by atoms with Crippen molar-refractivity contribution in [1.82, 2.24) is 0 Å². The van der Waals surface area contributed by atoms with Crippen molar-refractivity contribution in [3.8, 4) is 0 Å². The van der Waals surface area contributed by atoms with Gasteiger partial charge in [-0.25, -0.2) is 0 Å². The van der Waals surface area contributed by atoms with Gasteiger partial charge in [-0.2, -0.15) is 0 Å². The maximum Gasteiger partial charge on any atom is 0.196 e. The van der Waals surface area contributed by atoms with Crippen molar-refractivity contribution in [1.29, 1.82) is 0 Å². The summed E-state index contributed by atoms with van der Waals surface area (Å²) < 4.78 is 0.986. The average molecular weight is 404 g/mol. The molecule has 26 heavy (non-hydrogen) atoms. The third kappa shape index (κ3) is 2.72. The number of halogens is 1. The molecule has 0 aromatic heterocycles.